The standard InChI is InChI=1S/C18H39N3/c1-6-13-19-18-12-10-8-9-11-17(18)15-21(7-2)16(3)14-20(4)5/h16-19H,6-15H2,1-5H3. The van der Waals surface area contributed by atoms with Crippen LogP contribution in [0, 0.1) is 5.92 Å². The highest BCUT2D eigenvalue weighted by Gasteiger charge is 2.26. The van der Waals surface area contributed by atoms with E-state index < -0.39 is 0 Å². The smallest absolute Gasteiger partial charge is 0.0194 e. The van der Waals surface area contributed by atoms with Gasteiger partial charge < -0.3 is 10.2 Å². The summed E-state index contributed by atoms with van der Waals surface area (Å²) in [7, 11) is 4.36. The Morgan fingerprint density at radius 1 is 1.10 bits per heavy atom. The van der Waals surface area contributed by atoms with Crippen molar-refractivity contribution in [1.29, 1.82) is 0 Å². The van der Waals surface area contributed by atoms with Crippen molar-refractivity contribution < 1.29 is 0 Å². The summed E-state index contributed by atoms with van der Waals surface area (Å²) < 4.78 is 0. The maximum atomic E-state index is 3.83. The predicted octanol–water partition coefficient (Wildman–Crippen LogP) is 3.21. The van der Waals surface area contributed by atoms with Crippen molar-refractivity contribution in [3.63, 3.8) is 0 Å². The SMILES string of the molecule is CCCNC1CCCCCC1CN(CC)C(C)CN(C)C. The molecule has 0 bridgehead atoms. The summed E-state index contributed by atoms with van der Waals surface area (Å²) in [5.41, 5.74) is 0. The highest BCUT2D eigenvalue weighted by molar-refractivity contribution is 4.83. The lowest BCUT2D eigenvalue weighted by atomic mass is 9.93. The summed E-state index contributed by atoms with van der Waals surface area (Å²) in [6.45, 7) is 11.8. The molecule has 1 N–H and O–H groups in total. The van der Waals surface area contributed by atoms with Crippen LogP contribution in [0.2, 0.25) is 0 Å². The van der Waals surface area contributed by atoms with E-state index in [1.54, 1.807) is 0 Å². The van der Waals surface area contributed by atoms with E-state index in [9.17, 15) is 0 Å². The third-order valence-electron chi connectivity index (χ3n) is 4.94. The van der Waals surface area contributed by atoms with Gasteiger partial charge in [-0.1, -0.05) is 33.1 Å². The second kappa shape index (κ2) is 10.6. The Hall–Kier alpha value is -0.120. The first-order valence-electron chi connectivity index (χ1n) is 9.20. The highest BCUT2D eigenvalue weighted by atomic mass is 15.2. The van der Waals surface area contributed by atoms with Crippen LogP contribution in [0.4, 0.5) is 0 Å². The van der Waals surface area contributed by atoms with Gasteiger partial charge in [-0.15, -0.1) is 0 Å². The fraction of sp³-hybridized carbons (Fsp3) is 1.00. The minimum Gasteiger partial charge on any atom is -0.314 e. The first-order valence-corrected chi connectivity index (χ1v) is 9.20. The topological polar surface area (TPSA) is 18.5 Å². The molecule has 1 rings (SSSR count). The van der Waals surface area contributed by atoms with E-state index in [1.165, 1.54) is 58.2 Å². The average molecular weight is 298 g/mol. The molecule has 0 radical (unpaired) electrons. The van der Waals surface area contributed by atoms with E-state index in [0.29, 0.717) is 6.04 Å². The molecule has 0 amide bonds. The van der Waals surface area contributed by atoms with Gasteiger partial charge >= 0.3 is 0 Å². The van der Waals surface area contributed by atoms with Crippen LogP contribution < -0.4 is 5.32 Å². The van der Waals surface area contributed by atoms with Crippen LogP contribution >= 0.6 is 0 Å². The maximum Gasteiger partial charge on any atom is 0.0194 e. The van der Waals surface area contributed by atoms with Gasteiger partial charge in [0.2, 0.25) is 0 Å². The van der Waals surface area contributed by atoms with Gasteiger partial charge in [0.05, 0.1) is 0 Å². The Morgan fingerprint density at radius 2 is 1.81 bits per heavy atom. The minimum atomic E-state index is 0.653. The highest BCUT2D eigenvalue weighted by Crippen LogP contribution is 2.25. The Balaban J connectivity index is 2.59. The lowest BCUT2D eigenvalue weighted by Gasteiger charge is -2.36. The van der Waals surface area contributed by atoms with Crippen molar-refractivity contribution in [2.75, 3.05) is 40.3 Å². The van der Waals surface area contributed by atoms with Crippen LogP contribution in [0.1, 0.15) is 59.3 Å². The van der Waals surface area contributed by atoms with E-state index in [2.05, 4.69) is 50.0 Å². The molecule has 0 heterocycles. The molecule has 0 aliphatic heterocycles. The summed E-state index contributed by atoms with van der Waals surface area (Å²) in [6, 6.07) is 1.40. The fourth-order valence-corrected chi connectivity index (χ4v) is 3.77. The van der Waals surface area contributed by atoms with Gasteiger partial charge in [0.25, 0.3) is 0 Å². The molecule has 3 heteroatoms. The molecule has 0 spiro atoms. The molecular formula is C18H39N3. The molecule has 0 saturated heterocycles. The molecule has 3 unspecified atom stereocenters. The van der Waals surface area contributed by atoms with Crippen LogP contribution in [0.15, 0.2) is 0 Å². The fourth-order valence-electron chi connectivity index (χ4n) is 3.77. The van der Waals surface area contributed by atoms with Crippen LogP contribution in [0.25, 0.3) is 0 Å². The molecule has 3 nitrogen and oxygen atoms in total. The van der Waals surface area contributed by atoms with Gasteiger partial charge in [0.15, 0.2) is 0 Å². The van der Waals surface area contributed by atoms with Gasteiger partial charge in [-0.2, -0.15) is 0 Å². The lowest BCUT2D eigenvalue weighted by Crippen LogP contribution is -2.47. The minimum absolute atomic E-state index is 0.653. The Morgan fingerprint density at radius 3 is 2.43 bits per heavy atom. The van der Waals surface area contributed by atoms with Crippen molar-refractivity contribution in [2.24, 2.45) is 5.92 Å². The van der Waals surface area contributed by atoms with Crippen molar-refractivity contribution in [1.82, 2.24) is 15.1 Å². The number of likely N-dealkylation sites (N-methyl/N-ethyl adjacent to an activating group) is 2. The zero-order chi connectivity index (χ0) is 15.7. The van der Waals surface area contributed by atoms with Gasteiger partial charge in [-0.05, 0) is 59.3 Å². The molecule has 0 aromatic heterocycles. The molecule has 1 aliphatic rings. The molecule has 1 saturated carbocycles. The molecule has 1 aliphatic carbocycles. The van der Waals surface area contributed by atoms with Crippen molar-refractivity contribution in [2.45, 2.75) is 71.4 Å². The van der Waals surface area contributed by atoms with E-state index in [4.69, 9.17) is 0 Å². The Labute approximate surface area is 133 Å². The van der Waals surface area contributed by atoms with Gasteiger partial charge in [0.1, 0.15) is 0 Å². The largest absolute Gasteiger partial charge is 0.314 e. The first-order chi connectivity index (χ1) is 10.1. The van der Waals surface area contributed by atoms with Gasteiger partial charge in [-0.3, -0.25) is 4.90 Å². The van der Waals surface area contributed by atoms with E-state index in [1.807, 2.05) is 0 Å². The van der Waals surface area contributed by atoms with Crippen LogP contribution in [-0.2, 0) is 0 Å². The Kier molecular flexibility index (Phi) is 9.54. The maximum absolute atomic E-state index is 3.83. The van der Waals surface area contributed by atoms with Gasteiger partial charge in [0, 0.05) is 25.2 Å². The second-order valence-corrected chi connectivity index (χ2v) is 7.16. The molecule has 21 heavy (non-hydrogen) atoms. The summed E-state index contributed by atoms with van der Waals surface area (Å²) >= 11 is 0. The molecule has 3 atom stereocenters. The summed E-state index contributed by atoms with van der Waals surface area (Å²) in [5, 5.41) is 3.83. The number of hydrogen-bond donors (Lipinski definition) is 1. The van der Waals surface area contributed by atoms with Crippen LogP contribution in [-0.4, -0.2) is 62.2 Å². The third kappa shape index (κ3) is 7.12. The Bertz CT molecular complexity index is 255. The van der Waals surface area contributed by atoms with Crippen LogP contribution in [0.3, 0.4) is 0 Å². The zero-order valence-electron chi connectivity index (χ0n) is 15.2. The average Bonchev–Trinajstić information content (AvgIpc) is 2.66. The van der Waals surface area contributed by atoms with E-state index in [-0.39, 0.29) is 0 Å². The predicted molar refractivity (Wildman–Crippen MR) is 93.9 cm³/mol. The molecule has 126 valence electrons. The monoisotopic (exact) mass is 297 g/mol. The molecular weight excluding hydrogens is 258 g/mol. The van der Waals surface area contributed by atoms with E-state index >= 15 is 0 Å². The van der Waals surface area contributed by atoms with Crippen molar-refractivity contribution in [3.05, 3.63) is 0 Å². The second-order valence-electron chi connectivity index (χ2n) is 7.16. The molecule has 0 aromatic rings. The van der Waals surface area contributed by atoms with Crippen molar-refractivity contribution in [3.8, 4) is 0 Å². The first kappa shape index (κ1) is 18.9. The zero-order valence-corrected chi connectivity index (χ0v) is 15.2. The lowest BCUT2D eigenvalue weighted by molar-refractivity contribution is 0.138. The number of hydrogen-bond acceptors (Lipinski definition) is 3. The van der Waals surface area contributed by atoms with Crippen molar-refractivity contribution >= 4 is 0 Å². The quantitative estimate of drug-likeness (QED) is 0.659. The van der Waals surface area contributed by atoms with E-state index in [0.717, 1.165) is 18.5 Å². The molecule has 1 fully saturated rings. The van der Waals surface area contributed by atoms with Gasteiger partial charge in [-0.25, -0.2) is 0 Å². The summed E-state index contributed by atoms with van der Waals surface area (Å²) in [5.74, 6) is 0.837. The normalized spacial score (nSPS) is 25.3. The number of nitrogens with zero attached hydrogens (tertiary/aromatic N) is 2. The summed E-state index contributed by atoms with van der Waals surface area (Å²) in [6.07, 6.45) is 8.31. The summed E-state index contributed by atoms with van der Waals surface area (Å²) in [4.78, 5) is 5.00. The third-order valence-corrected chi connectivity index (χ3v) is 4.94. The number of rotatable bonds is 9. The number of nitrogens with one attached hydrogen (secondary N) is 1. The molecule has 0 aromatic carbocycles. The van der Waals surface area contributed by atoms with Crippen LogP contribution in [0.5, 0.6) is 0 Å².